The third-order valence-electron chi connectivity index (χ3n) is 8.56. The zero-order chi connectivity index (χ0) is 27.4. The van der Waals surface area contributed by atoms with Crippen molar-refractivity contribution in [3.05, 3.63) is 88.6 Å². The number of piperidine rings is 1. The SMILES string of the molecule is CC1(C)CCC(c2ccc(CF)cc2)N(CC(=O)Nc2ccc3c(c2)C[C@@]2(C3)C(=O)Nc3ncccc32)C1=O. The van der Waals surface area contributed by atoms with Gasteiger partial charge in [0.15, 0.2) is 0 Å². The number of hydrogen-bond acceptors (Lipinski definition) is 4. The Morgan fingerprint density at radius 1 is 1.10 bits per heavy atom. The second kappa shape index (κ2) is 9.29. The van der Waals surface area contributed by atoms with Gasteiger partial charge in [-0.15, -0.1) is 0 Å². The van der Waals surface area contributed by atoms with Crippen LogP contribution >= 0.6 is 0 Å². The molecule has 1 unspecified atom stereocenters. The molecular weight excluding hydrogens is 495 g/mol. The molecule has 3 heterocycles. The zero-order valence-corrected chi connectivity index (χ0v) is 22.1. The van der Waals surface area contributed by atoms with E-state index in [1.165, 1.54) is 0 Å². The topological polar surface area (TPSA) is 91.4 Å². The maximum absolute atomic E-state index is 13.4. The number of carbonyl (C=O) groups excluding carboxylic acids is 3. The molecule has 0 saturated carbocycles. The minimum absolute atomic E-state index is 0.0465. The molecule has 1 aliphatic carbocycles. The Morgan fingerprint density at radius 2 is 1.87 bits per heavy atom. The highest BCUT2D eigenvalue weighted by Crippen LogP contribution is 2.47. The number of anilines is 2. The Morgan fingerprint density at radius 3 is 2.64 bits per heavy atom. The van der Waals surface area contributed by atoms with Gasteiger partial charge in [-0.1, -0.05) is 50.2 Å². The van der Waals surface area contributed by atoms with E-state index in [1.54, 1.807) is 23.2 Å². The standard InChI is InChI=1S/C31H31FN4O3/c1-30(2)12-11-25(20-7-5-19(17-32)6-8-20)36(29(30)39)18-26(37)34-23-10-9-21-15-31(16-22(21)14-23)24-4-3-13-33-27(24)35-28(31)38/h3-10,13-14,25H,11-12,15-18H2,1-2H3,(H,34,37)(H,33,35,38)/t25?,31-/m1/s1. The number of rotatable bonds is 5. The van der Waals surface area contributed by atoms with E-state index < -0.39 is 17.5 Å². The average molecular weight is 527 g/mol. The highest BCUT2D eigenvalue weighted by atomic mass is 19.1. The number of alkyl halides is 1. The summed E-state index contributed by atoms with van der Waals surface area (Å²) in [7, 11) is 0. The van der Waals surface area contributed by atoms with Gasteiger partial charge in [-0.2, -0.15) is 0 Å². The zero-order valence-electron chi connectivity index (χ0n) is 22.1. The number of hydrogen-bond donors (Lipinski definition) is 2. The van der Waals surface area contributed by atoms with Crippen molar-refractivity contribution in [2.45, 2.75) is 57.7 Å². The highest BCUT2D eigenvalue weighted by molar-refractivity contribution is 6.06. The van der Waals surface area contributed by atoms with Crippen molar-refractivity contribution in [1.82, 2.24) is 9.88 Å². The van der Waals surface area contributed by atoms with Gasteiger partial charge < -0.3 is 15.5 Å². The molecule has 1 spiro atoms. The monoisotopic (exact) mass is 526 g/mol. The van der Waals surface area contributed by atoms with Crippen LogP contribution in [-0.2, 0) is 39.3 Å². The van der Waals surface area contributed by atoms with E-state index in [9.17, 15) is 18.8 Å². The Bertz CT molecular complexity index is 1490. The van der Waals surface area contributed by atoms with Crippen molar-refractivity contribution >= 4 is 29.2 Å². The summed E-state index contributed by atoms with van der Waals surface area (Å²) in [5.41, 5.74) is 3.87. The van der Waals surface area contributed by atoms with E-state index in [1.807, 2.05) is 56.3 Å². The van der Waals surface area contributed by atoms with Crippen molar-refractivity contribution in [3.8, 4) is 0 Å². The number of nitrogens with one attached hydrogen (secondary N) is 2. The minimum Gasteiger partial charge on any atom is -0.326 e. The van der Waals surface area contributed by atoms with E-state index in [4.69, 9.17) is 0 Å². The molecule has 2 N–H and O–H groups in total. The predicted octanol–water partition coefficient (Wildman–Crippen LogP) is 4.87. The number of carbonyl (C=O) groups is 3. The van der Waals surface area contributed by atoms with E-state index in [0.717, 1.165) is 28.7 Å². The second-order valence-corrected chi connectivity index (χ2v) is 11.6. The summed E-state index contributed by atoms with van der Waals surface area (Å²) >= 11 is 0. The Kier molecular flexibility index (Phi) is 6.01. The van der Waals surface area contributed by atoms with Gasteiger partial charge in [0.25, 0.3) is 0 Å². The molecule has 0 bridgehead atoms. The van der Waals surface area contributed by atoms with E-state index in [-0.39, 0.29) is 30.3 Å². The van der Waals surface area contributed by atoms with E-state index >= 15 is 0 Å². The summed E-state index contributed by atoms with van der Waals surface area (Å²) in [4.78, 5) is 45.6. The van der Waals surface area contributed by atoms with Gasteiger partial charge >= 0.3 is 0 Å². The molecule has 3 aromatic rings. The van der Waals surface area contributed by atoms with Gasteiger partial charge in [0.1, 0.15) is 19.0 Å². The third kappa shape index (κ3) is 4.28. The molecule has 1 aromatic heterocycles. The molecule has 3 amide bonds. The molecule has 2 atom stereocenters. The quantitative estimate of drug-likeness (QED) is 0.496. The van der Waals surface area contributed by atoms with Crippen molar-refractivity contribution < 1.29 is 18.8 Å². The first-order valence-electron chi connectivity index (χ1n) is 13.3. The van der Waals surface area contributed by atoms with Crippen LogP contribution in [0.3, 0.4) is 0 Å². The van der Waals surface area contributed by atoms with Crippen molar-refractivity contribution in [1.29, 1.82) is 0 Å². The Hall–Kier alpha value is -4.07. The maximum Gasteiger partial charge on any atom is 0.244 e. The molecule has 1 saturated heterocycles. The Labute approximate surface area is 226 Å². The summed E-state index contributed by atoms with van der Waals surface area (Å²) in [5.74, 6) is 0.216. The Balaban J connectivity index is 1.20. The lowest BCUT2D eigenvalue weighted by molar-refractivity contribution is -0.150. The molecule has 2 aromatic carbocycles. The number of nitrogens with zero attached hydrogens (tertiary/aromatic N) is 2. The molecule has 7 nitrogen and oxygen atoms in total. The van der Waals surface area contributed by atoms with Gasteiger partial charge in [-0.25, -0.2) is 9.37 Å². The summed E-state index contributed by atoms with van der Waals surface area (Å²) in [6, 6.07) is 16.4. The largest absolute Gasteiger partial charge is 0.326 e. The van der Waals surface area contributed by atoms with Crippen molar-refractivity contribution in [2.24, 2.45) is 5.41 Å². The lowest BCUT2D eigenvalue weighted by atomic mass is 9.78. The maximum atomic E-state index is 13.4. The number of amides is 3. The van der Waals surface area contributed by atoms with Crippen LogP contribution in [0.1, 0.15) is 60.5 Å². The lowest BCUT2D eigenvalue weighted by Gasteiger charge is -2.43. The molecular formula is C31H31FN4O3. The van der Waals surface area contributed by atoms with Crippen LogP contribution in [0.25, 0.3) is 0 Å². The van der Waals surface area contributed by atoms with Crippen molar-refractivity contribution in [3.63, 3.8) is 0 Å². The first-order chi connectivity index (χ1) is 18.7. The molecule has 0 radical (unpaired) electrons. The summed E-state index contributed by atoms with van der Waals surface area (Å²) in [6.07, 6.45) is 4.22. The van der Waals surface area contributed by atoms with Gasteiger partial charge in [-0.3, -0.25) is 14.4 Å². The normalized spacial score (nSPS) is 22.9. The molecule has 39 heavy (non-hydrogen) atoms. The predicted molar refractivity (Wildman–Crippen MR) is 146 cm³/mol. The number of halogens is 1. The first kappa shape index (κ1) is 25.2. The van der Waals surface area contributed by atoms with Gasteiger partial charge in [0.2, 0.25) is 17.7 Å². The van der Waals surface area contributed by atoms with Crippen LogP contribution in [-0.4, -0.2) is 34.2 Å². The van der Waals surface area contributed by atoms with Crippen LogP contribution in [0, 0.1) is 5.41 Å². The first-order valence-corrected chi connectivity index (χ1v) is 13.3. The fraction of sp³-hybridized carbons (Fsp3) is 0.355. The number of pyridine rings is 1. The number of aromatic nitrogens is 1. The summed E-state index contributed by atoms with van der Waals surface area (Å²) < 4.78 is 13.0. The van der Waals surface area contributed by atoms with Crippen LogP contribution < -0.4 is 10.6 Å². The molecule has 200 valence electrons. The molecule has 2 aliphatic heterocycles. The van der Waals surface area contributed by atoms with Crippen LogP contribution in [0.15, 0.2) is 60.8 Å². The second-order valence-electron chi connectivity index (χ2n) is 11.6. The molecule has 3 aliphatic rings. The lowest BCUT2D eigenvalue weighted by Crippen LogP contribution is -2.50. The minimum atomic E-state index is -0.675. The number of benzene rings is 2. The third-order valence-corrected chi connectivity index (χ3v) is 8.56. The van der Waals surface area contributed by atoms with E-state index in [0.29, 0.717) is 36.3 Å². The fourth-order valence-corrected chi connectivity index (χ4v) is 6.35. The van der Waals surface area contributed by atoms with Gasteiger partial charge in [0, 0.05) is 22.9 Å². The van der Waals surface area contributed by atoms with Gasteiger partial charge in [0.05, 0.1) is 11.5 Å². The fourth-order valence-electron chi connectivity index (χ4n) is 6.35. The number of fused-ring (bicyclic) bond motifs is 3. The molecule has 6 rings (SSSR count). The van der Waals surface area contributed by atoms with Gasteiger partial charge in [-0.05, 0) is 66.1 Å². The highest BCUT2D eigenvalue weighted by Gasteiger charge is 2.51. The van der Waals surface area contributed by atoms with Crippen LogP contribution in [0.2, 0.25) is 0 Å². The molecule has 8 heteroatoms. The summed E-state index contributed by atoms with van der Waals surface area (Å²) in [5, 5.41) is 5.89. The summed E-state index contributed by atoms with van der Waals surface area (Å²) in [6.45, 7) is 3.19. The smallest absolute Gasteiger partial charge is 0.244 e. The molecule has 1 fully saturated rings. The number of likely N-dealkylation sites (tertiary alicyclic amines) is 1. The van der Waals surface area contributed by atoms with Crippen LogP contribution in [0.4, 0.5) is 15.9 Å². The van der Waals surface area contributed by atoms with E-state index in [2.05, 4.69) is 15.6 Å². The van der Waals surface area contributed by atoms with Crippen molar-refractivity contribution in [2.75, 3.05) is 17.2 Å². The average Bonchev–Trinajstić information content (AvgIpc) is 3.44. The van der Waals surface area contributed by atoms with Crippen LogP contribution in [0.5, 0.6) is 0 Å².